The van der Waals surface area contributed by atoms with Crippen LogP contribution in [0.1, 0.15) is 16.1 Å². The number of aromatic hydroxyl groups is 1. The number of benzene rings is 2. The summed E-state index contributed by atoms with van der Waals surface area (Å²) in [5, 5.41) is 10.3. The Morgan fingerprint density at radius 3 is 2.80 bits per heavy atom. The number of H-pyrrole nitrogens is 1. The number of phenols is 1. The van der Waals surface area contributed by atoms with Crippen molar-refractivity contribution in [2.24, 2.45) is 0 Å². The number of nitrogens with one attached hydrogen (secondary N) is 1. The minimum Gasteiger partial charge on any atom is -0.508 e. The van der Waals surface area contributed by atoms with Gasteiger partial charge in [0.15, 0.2) is 0 Å². The van der Waals surface area contributed by atoms with Crippen LogP contribution in [0.2, 0.25) is 0 Å². The summed E-state index contributed by atoms with van der Waals surface area (Å²) in [6, 6.07) is 13.7. The number of rotatable bonds is 3. The molecule has 0 aliphatic carbocycles. The predicted octanol–water partition coefficient (Wildman–Crippen LogP) is 3.11. The van der Waals surface area contributed by atoms with Crippen molar-refractivity contribution in [3.63, 3.8) is 0 Å². The molecule has 0 aliphatic rings. The zero-order chi connectivity index (χ0) is 14.1. The number of aromatic amines is 1. The molecule has 2 aromatic carbocycles. The summed E-state index contributed by atoms with van der Waals surface area (Å²) in [4.78, 5) is 15.5. The molecule has 0 radical (unpaired) electrons. The molecule has 0 saturated heterocycles. The van der Waals surface area contributed by atoms with E-state index in [1.807, 2.05) is 0 Å². The number of aromatic nitrogens is 1. The molecule has 0 saturated carbocycles. The van der Waals surface area contributed by atoms with Crippen molar-refractivity contribution in [1.82, 2.24) is 4.98 Å². The smallest absolute Gasteiger partial charge is 0.209 e. The van der Waals surface area contributed by atoms with Gasteiger partial charge in [-0.05, 0) is 36.4 Å². The average molecular weight is 267 g/mol. The maximum Gasteiger partial charge on any atom is 0.209 e. The van der Waals surface area contributed by atoms with E-state index in [0.717, 1.165) is 10.9 Å². The lowest BCUT2D eigenvalue weighted by molar-refractivity contribution is 0.103. The summed E-state index contributed by atoms with van der Waals surface area (Å²) < 4.78 is 5.12. The molecule has 0 bridgehead atoms. The molecule has 0 spiro atoms. The van der Waals surface area contributed by atoms with E-state index in [9.17, 15) is 9.90 Å². The van der Waals surface area contributed by atoms with Crippen LogP contribution >= 0.6 is 0 Å². The number of methoxy groups -OCH3 is 1. The fourth-order valence-electron chi connectivity index (χ4n) is 2.16. The number of fused-ring (bicyclic) bond motifs is 1. The first-order valence-electron chi connectivity index (χ1n) is 6.18. The van der Waals surface area contributed by atoms with Gasteiger partial charge in [-0.2, -0.15) is 0 Å². The monoisotopic (exact) mass is 267 g/mol. The van der Waals surface area contributed by atoms with Crippen molar-refractivity contribution in [3.05, 3.63) is 59.8 Å². The van der Waals surface area contributed by atoms with E-state index < -0.39 is 0 Å². The van der Waals surface area contributed by atoms with Crippen LogP contribution in [0.5, 0.6) is 11.5 Å². The molecule has 0 amide bonds. The Labute approximate surface area is 115 Å². The Morgan fingerprint density at radius 1 is 1.15 bits per heavy atom. The second-order valence-corrected chi connectivity index (χ2v) is 4.52. The normalized spacial score (nSPS) is 10.7. The number of ketones is 1. The van der Waals surface area contributed by atoms with E-state index in [1.54, 1.807) is 55.6 Å². The lowest BCUT2D eigenvalue weighted by atomic mass is 10.1. The topological polar surface area (TPSA) is 62.3 Å². The molecular weight excluding hydrogens is 254 g/mol. The van der Waals surface area contributed by atoms with Gasteiger partial charge in [0.1, 0.15) is 11.5 Å². The Balaban J connectivity index is 2.03. The Hall–Kier alpha value is -2.75. The quantitative estimate of drug-likeness (QED) is 0.717. The van der Waals surface area contributed by atoms with Gasteiger partial charge in [-0.25, -0.2) is 0 Å². The van der Waals surface area contributed by atoms with Crippen LogP contribution in [-0.2, 0) is 0 Å². The standard InChI is InChI=1S/C16H13NO3/c1-20-13-4-2-3-10(8-13)16(19)15-9-11-7-12(18)5-6-14(11)17-15/h2-9,17-18H,1H3. The molecule has 3 aromatic rings. The van der Waals surface area contributed by atoms with E-state index in [2.05, 4.69) is 4.98 Å². The number of carbonyl (C=O) groups is 1. The van der Waals surface area contributed by atoms with E-state index in [4.69, 9.17) is 4.74 Å². The van der Waals surface area contributed by atoms with Crippen molar-refractivity contribution in [2.45, 2.75) is 0 Å². The van der Waals surface area contributed by atoms with Gasteiger partial charge in [-0.15, -0.1) is 0 Å². The Bertz CT molecular complexity index is 789. The minimum atomic E-state index is -0.111. The second kappa shape index (κ2) is 4.74. The highest BCUT2D eigenvalue weighted by molar-refractivity contribution is 6.10. The second-order valence-electron chi connectivity index (χ2n) is 4.52. The third-order valence-electron chi connectivity index (χ3n) is 3.18. The highest BCUT2D eigenvalue weighted by atomic mass is 16.5. The number of ether oxygens (including phenoxy) is 1. The summed E-state index contributed by atoms with van der Waals surface area (Å²) in [6.07, 6.45) is 0. The van der Waals surface area contributed by atoms with Crippen LogP contribution < -0.4 is 4.74 Å². The van der Waals surface area contributed by atoms with E-state index in [-0.39, 0.29) is 11.5 Å². The van der Waals surface area contributed by atoms with Crippen LogP contribution in [0.15, 0.2) is 48.5 Å². The highest BCUT2D eigenvalue weighted by Gasteiger charge is 2.13. The van der Waals surface area contributed by atoms with Crippen LogP contribution in [-0.4, -0.2) is 23.0 Å². The number of hydrogen-bond donors (Lipinski definition) is 2. The zero-order valence-corrected chi connectivity index (χ0v) is 10.9. The molecule has 0 atom stereocenters. The third-order valence-corrected chi connectivity index (χ3v) is 3.18. The van der Waals surface area contributed by atoms with Gasteiger partial charge in [0, 0.05) is 16.5 Å². The summed E-state index contributed by atoms with van der Waals surface area (Å²) in [5.41, 5.74) is 1.85. The number of hydrogen-bond acceptors (Lipinski definition) is 3. The number of phenolic OH excluding ortho intramolecular Hbond substituents is 1. The molecule has 0 unspecified atom stereocenters. The molecule has 100 valence electrons. The molecule has 0 aliphatic heterocycles. The van der Waals surface area contributed by atoms with Crippen molar-refractivity contribution in [3.8, 4) is 11.5 Å². The summed E-state index contributed by atoms with van der Waals surface area (Å²) >= 11 is 0. The Kier molecular flexibility index (Phi) is 2.91. The van der Waals surface area contributed by atoms with Crippen molar-refractivity contribution < 1.29 is 14.6 Å². The molecule has 4 heteroatoms. The summed E-state index contributed by atoms with van der Waals surface area (Å²) in [5.74, 6) is 0.709. The molecular formula is C16H13NO3. The highest BCUT2D eigenvalue weighted by Crippen LogP contribution is 2.23. The van der Waals surface area contributed by atoms with Crippen molar-refractivity contribution in [1.29, 1.82) is 0 Å². The Morgan fingerprint density at radius 2 is 2.00 bits per heavy atom. The largest absolute Gasteiger partial charge is 0.508 e. The maximum absolute atomic E-state index is 12.4. The van der Waals surface area contributed by atoms with Crippen molar-refractivity contribution >= 4 is 16.7 Å². The number of carbonyl (C=O) groups excluding carboxylic acids is 1. The third kappa shape index (κ3) is 2.12. The SMILES string of the molecule is COc1cccc(C(=O)c2cc3cc(O)ccc3[nH]2)c1. The molecule has 1 heterocycles. The first-order chi connectivity index (χ1) is 9.67. The molecule has 4 nitrogen and oxygen atoms in total. The van der Waals surface area contributed by atoms with E-state index in [1.165, 1.54) is 0 Å². The average Bonchev–Trinajstić information content (AvgIpc) is 2.89. The van der Waals surface area contributed by atoms with Gasteiger partial charge in [-0.1, -0.05) is 12.1 Å². The fourth-order valence-corrected chi connectivity index (χ4v) is 2.16. The van der Waals surface area contributed by atoms with Crippen LogP contribution in [0.25, 0.3) is 10.9 Å². The van der Waals surface area contributed by atoms with Gasteiger partial charge in [0.05, 0.1) is 12.8 Å². The molecule has 20 heavy (non-hydrogen) atoms. The van der Waals surface area contributed by atoms with Gasteiger partial charge in [-0.3, -0.25) is 4.79 Å². The lowest BCUT2D eigenvalue weighted by Crippen LogP contribution is -2.01. The first-order valence-corrected chi connectivity index (χ1v) is 6.18. The molecule has 0 fully saturated rings. The lowest BCUT2D eigenvalue weighted by Gasteiger charge is -2.02. The van der Waals surface area contributed by atoms with E-state index in [0.29, 0.717) is 17.0 Å². The van der Waals surface area contributed by atoms with Gasteiger partial charge in [0.25, 0.3) is 0 Å². The fraction of sp³-hybridized carbons (Fsp3) is 0.0625. The minimum absolute atomic E-state index is 0.111. The first kappa shape index (κ1) is 12.3. The summed E-state index contributed by atoms with van der Waals surface area (Å²) in [7, 11) is 1.56. The van der Waals surface area contributed by atoms with Gasteiger partial charge in [0.2, 0.25) is 5.78 Å². The zero-order valence-electron chi connectivity index (χ0n) is 10.9. The molecule has 2 N–H and O–H groups in total. The maximum atomic E-state index is 12.4. The van der Waals surface area contributed by atoms with Crippen LogP contribution in [0, 0.1) is 0 Å². The molecule has 3 rings (SSSR count). The molecule has 1 aromatic heterocycles. The van der Waals surface area contributed by atoms with Crippen LogP contribution in [0.4, 0.5) is 0 Å². The summed E-state index contributed by atoms with van der Waals surface area (Å²) in [6.45, 7) is 0. The predicted molar refractivity (Wildman–Crippen MR) is 76.4 cm³/mol. The van der Waals surface area contributed by atoms with E-state index >= 15 is 0 Å². The van der Waals surface area contributed by atoms with Gasteiger partial charge < -0.3 is 14.8 Å². The van der Waals surface area contributed by atoms with Crippen molar-refractivity contribution in [2.75, 3.05) is 7.11 Å². The van der Waals surface area contributed by atoms with Crippen LogP contribution in [0.3, 0.4) is 0 Å². The van der Waals surface area contributed by atoms with Gasteiger partial charge >= 0.3 is 0 Å².